The van der Waals surface area contributed by atoms with E-state index >= 15 is 0 Å². The second-order valence-corrected chi connectivity index (χ2v) is 7.42. The van der Waals surface area contributed by atoms with E-state index in [0.717, 1.165) is 18.7 Å². The van der Waals surface area contributed by atoms with Gasteiger partial charge in [0.15, 0.2) is 0 Å². The number of nitrogens with zero attached hydrogens (tertiary/aromatic N) is 3. The van der Waals surface area contributed by atoms with E-state index in [2.05, 4.69) is 4.98 Å². The number of amides is 1. The van der Waals surface area contributed by atoms with Gasteiger partial charge in [-0.05, 0) is 6.42 Å². The molecule has 138 valence electrons. The van der Waals surface area contributed by atoms with Crippen LogP contribution in [0.15, 0.2) is 12.4 Å². The fraction of sp³-hybridized carbons (Fsp3) is 0.778. The molecule has 7 nitrogen and oxygen atoms in total. The molecule has 25 heavy (non-hydrogen) atoms. The highest BCUT2D eigenvalue weighted by Gasteiger charge is 2.56. The average molecular weight is 349 g/mol. The Bertz CT molecular complexity index is 634. The molecule has 0 saturated carbocycles. The van der Waals surface area contributed by atoms with E-state index in [1.807, 2.05) is 22.6 Å². The van der Waals surface area contributed by atoms with Crippen molar-refractivity contribution in [3.63, 3.8) is 0 Å². The van der Waals surface area contributed by atoms with Crippen LogP contribution in [-0.4, -0.2) is 70.1 Å². The van der Waals surface area contributed by atoms with E-state index in [-0.39, 0.29) is 23.8 Å². The van der Waals surface area contributed by atoms with E-state index in [9.17, 15) is 9.90 Å². The van der Waals surface area contributed by atoms with Crippen molar-refractivity contribution >= 4 is 5.91 Å². The van der Waals surface area contributed by atoms with Crippen molar-refractivity contribution in [2.75, 3.05) is 33.0 Å². The number of rotatable bonds is 3. The quantitative estimate of drug-likeness (QED) is 0.858. The molecule has 0 bridgehead atoms. The van der Waals surface area contributed by atoms with Crippen LogP contribution in [0.25, 0.3) is 0 Å². The Balaban J connectivity index is 1.57. The molecule has 0 unspecified atom stereocenters. The number of fused-ring (bicyclic) bond motifs is 3. The molecule has 0 aromatic carbocycles. The second-order valence-electron chi connectivity index (χ2n) is 7.42. The van der Waals surface area contributed by atoms with Crippen LogP contribution < -0.4 is 0 Å². The number of carbonyl (C=O) groups excluding carboxylic acids is 1. The van der Waals surface area contributed by atoms with Gasteiger partial charge in [-0.3, -0.25) is 4.79 Å². The number of aryl methyl sites for hydroxylation is 1. The predicted molar refractivity (Wildman–Crippen MR) is 89.9 cm³/mol. The van der Waals surface area contributed by atoms with E-state index in [0.29, 0.717) is 45.9 Å². The van der Waals surface area contributed by atoms with Crippen molar-refractivity contribution < 1.29 is 19.4 Å². The average Bonchev–Trinajstić information content (AvgIpc) is 3.08. The largest absolute Gasteiger partial charge is 0.389 e. The lowest BCUT2D eigenvalue weighted by atomic mass is 9.66. The molecule has 7 heteroatoms. The summed E-state index contributed by atoms with van der Waals surface area (Å²) in [5.74, 6) is 0.950. The molecule has 3 fully saturated rings. The minimum absolute atomic E-state index is 0.0266. The maximum atomic E-state index is 13.1. The number of aromatic nitrogens is 2. The van der Waals surface area contributed by atoms with E-state index in [4.69, 9.17) is 9.47 Å². The van der Waals surface area contributed by atoms with E-state index in [1.54, 1.807) is 6.20 Å². The van der Waals surface area contributed by atoms with Gasteiger partial charge >= 0.3 is 0 Å². The number of imidazole rings is 1. The van der Waals surface area contributed by atoms with Gasteiger partial charge in [0, 0.05) is 62.9 Å². The van der Waals surface area contributed by atoms with Crippen LogP contribution in [0.5, 0.6) is 0 Å². The number of hydrogen-bond donors (Lipinski definition) is 1. The highest BCUT2D eigenvalue weighted by atomic mass is 16.5. The van der Waals surface area contributed by atoms with Crippen LogP contribution in [0.4, 0.5) is 0 Å². The summed E-state index contributed by atoms with van der Waals surface area (Å²) in [6, 6.07) is 0.0502. The van der Waals surface area contributed by atoms with Gasteiger partial charge in [0.2, 0.25) is 5.91 Å². The van der Waals surface area contributed by atoms with Gasteiger partial charge in [-0.25, -0.2) is 4.98 Å². The van der Waals surface area contributed by atoms with Crippen LogP contribution >= 0.6 is 0 Å². The first kappa shape index (κ1) is 17.0. The third kappa shape index (κ3) is 2.88. The summed E-state index contributed by atoms with van der Waals surface area (Å²) in [6.45, 7) is 5.16. The summed E-state index contributed by atoms with van der Waals surface area (Å²) in [6.07, 6.45) is 5.83. The van der Waals surface area contributed by atoms with E-state index < -0.39 is 5.60 Å². The number of likely N-dealkylation sites (tertiary alicyclic amines) is 1. The molecular formula is C18H27N3O4. The standard InChI is InChI=1S/C18H27N3O4/c1-2-16-19-5-6-20(16)10-17(22)21-9-13-11-25-8-4-18(13,23)14-12-24-7-3-15(14)21/h5-6,13-15,23H,2-4,7-12H2,1H3/t13-,14+,15-,18-/m1/s1. The van der Waals surface area contributed by atoms with Crippen LogP contribution in [0.2, 0.25) is 0 Å². The molecule has 1 aromatic rings. The molecular weight excluding hydrogens is 322 g/mol. The normalized spacial score (nSPS) is 35.1. The topological polar surface area (TPSA) is 76.8 Å². The molecule has 3 aliphatic rings. The summed E-state index contributed by atoms with van der Waals surface area (Å²) in [5.41, 5.74) is -0.774. The summed E-state index contributed by atoms with van der Waals surface area (Å²) < 4.78 is 13.2. The molecule has 0 aliphatic carbocycles. The molecule has 4 atom stereocenters. The van der Waals surface area contributed by atoms with Gasteiger partial charge in [-0.1, -0.05) is 6.92 Å². The molecule has 1 N–H and O–H groups in total. The zero-order chi connectivity index (χ0) is 17.4. The highest BCUT2D eigenvalue weighted by Crippen LogP contribution is 2.44. The van der Waals surface area contributed by atoms with Gasteiger partial charge in [0.25, 0.3) is 0 Å². The summed E-state index contributed by atoms with van der Waals surface area (Å²) in [4.78, 5) is 19.4. The van der Waals surface area contributed by atoms with Crippen LogP contribution in [-0.2, 0) is 27.2 Å². The van der Waals surface area contributed by atoms with Crippen molar-refractivity contribution in [1.82, 2.24) is 14.5 Å². The lowest BCUT2D eigenvalue weighted by Crippen LogP contribution is -2.69. The Hall–Kier alpha value is -1.44. The third-order valence-electron chi connectivity index (χ3n) is 6.20. The third-order valence-corrected chi connectivity index (χ3v) is 6.20. The van der Waals surface area contributed by atoms with E-state index in [1.165, 1.54) is 0 Å². The lowest BCUT2D eigenvalue weighted by Gasteiger charge is -2.57. The first-order valence-corrected chi connectivity index (χ1v) is 9.31. The molecule has 1 aromatic heterocycles. The zero-order valence-corrected chi connectivity index (χ0v) is 14.8. The lowest BCUT2D eigenvalue weighted by molar-refractivity contribution is -0.219. The fourth-order valence-electron chi connectivity index (χ4n) is 4.78. The molecule has 4 rings (SSSR count). The molecule has 0 radical (unpaired) electrons. The molecule has 3 saturated heterocycles. The summed E-state index contributed by atoms with van der Waals surface area (Å²) in [7, 11) is 0. The Morgan fingerprint density at radius 3 is 3.08 bits per heavy atom. The van der Waals surface area contributed by atoms with Gasteiger partial charge in [-0.2, -0.15) is 0 Å². The van der Waals surface area contributed by atoms with Crippen molar-refractivity contribution in [3.05, 3.63) is 18.2 Å². The highest BCUT2D eigenvalue weighted by molar-refractivity contribution is 5.76. The van der Waals surface area contributed by atoms with Crippen molar-refractivity contribution in [2.24, 2.45) is 11.8 Å². The molecule has 0 spiro atoms. The fourth-order valence-corrected chi connectivity index (χ4v) is 4.78. The molecule has 4 heterocycles. The molecule has 3 aliphatic heterocycles. The van der Waals surface area contributed by atoms with Gasteiger partial charge in [0.05, 0.1) is 18.8 Å². The minimum Gasteiger partial charge on any atom is -0.389 e. The number of carbonyl (C=O) groups is 1. The number of hydrogen-bond acceptors (Lipinski definition) is 5. The summed E-state index contributed by atoms with van der Waals surface area (Å²) >= 11 is 0. The maximum Gasteiger partial charge on any atom is 0.242 e. The van der Waals surface area contributed by atoms with Crippen LogP contribution in [0.3, 0.4) is 0 Å². The number of aliphatic hydroxyl groups is 1. The predicted octanol–water partition coefficient (Wildman–Crippen LogP) is 0.460. The Labute approximate surface area is 147 Å². The zero-order valence-electron chi connectivity index (χ0n) is 14.8. The minimum atomic E-state index is -0.774. The Morgan fingerprint density at radius 2 is 2.24 bits per heavy atom. The maximum absolute atomic E-state index is 13.1. The number of piperidine rings is 1. The SMILES string of the molecule is CCc1nccn1CC(=O)N1C[C@@H]2COCC[C@]2(O)[C@H]2COCC[C@H]21. The smallest absolute Gasteiger partial charge is 0.242 e. The Morgan fingerprint density at radius 1 is 1.40 bits per heavy atom. The summed E-state index contributed by atoms with van der Waals surface area (Å²) in [5, 5.41) is 11.3. The first-order chi connectivity index (χ1) is 12.1. The van der Waals surface area contributed by atoms with Crippen molar-refractivity contribution in [1.29, 1.82) is 0 Å². The Kier molecular flexibility index (Phi) is 4.56. The van der Waals surface area contributed by atoms with Gasteiger partial charge in [0.1, 0.15) is 12.4 Å². The second kappa shape index (κ2) is 6.70. The molecule has 1 amide bonds. The number of ether oxygens (including phenoxy) is 2. The first-order valence-electron chi connectivity index (χ1n) is 9.31. The van der Waals surface area contributed by atoms with Gasteiger partial charge in [-0.15, -0.1) is 0 Å². The monoisotopic (exact) mass is 349 g/mol. The van der Waals surface area contributed by atoms with Crippen LogP contribution in [0.1, 0.15) is 25.6 Å². The van der Waals surface area contributed by atoms with Crippen LogP contribution in [0, 0.1) is 11.8 Å². The van der Waals surface area contributed by atoms with Gasteiger partial charge < -0.3 is 24.0 Å². The van der Waals surface area contributed by atoms with Crippen molar-refractivity contribution in [2.45, 2.75) is 44.4 Å². The van der Waals surface area contributed by atoms with Crippen molar-refractivity contribution in [3.8, 4) is 0 Å².